The number of carbonyl (C=O) groups is 3. The van der Waals surface area contributed by atoms with Crippen LogP contribution in [0.4, 0.5) is 10.1 Å². The molecule has 1 fully saturated rings. The first kappa shape index (κ1) is 19.7. The molecule has 2 aromatic carbocycles. The zero-order valence-corrected chi connectivity index (χ0v) is 14.6. The number of hydrogen-bond acceptors (Lipinski definition) is 6. The van der Waals surface area contributed by atoms with Crippen LogP contribution in [0.25, 0.3) is 5.76 Å². The minimum atomic E-state index is -1.47. The molecule has 1 saturated heterocycles. The van der Waals surface area contributed by atoms with Gasteiger partial charge in [-0.25, -0.2) is 4.39 Å². The summed E-state index contributed by atoms with van der Waals surface area (Å²) in [4.78, 5) is 46.9. The van der Waals surface area contributed by atoms with Gasteiger partial charge in [0.2, 0.25) is 0 Å². The Morgan fingerprint density at radius 2 is 1.72 bits per heavy atom. The van der Waals surface area contributed by atoms with Crippen LogP contribution in [0.3, 0.4) is 0 Å². The number of benzene rings is 2. The van der Waals surface area contributed by atoms with Crippen LogP contribution in [0, 0.1) is 15.9 Å². The number of aliphatic hydroxyl groups is 1. The highest BCUT2D eigenvalue weighted by atomic mass is 19.1. The molecule has 0 aliphatic carbocycles. The normalized spacial score (nSPS) is 18.1. The molecule has 0 saturated carbocycles. The van der Waals surface area contributed by atoms with Gasteiger partial charge in [0.15, 0.2) is 0 Å². The number of carboxylic acids is 1. The van der Waals surface area contributed by atoms with Gasteiger partial charge in [-0.15, -0.1) is 0 Å². The Labute approximate surface area is 162 Å². The lowest BCUT2D eigenvalue weighted by Gasteiger charge is -2.24. The van der Waals surface area contributed by atoms with Gasteiger partial charge in [0.05, 0.1) is 16.5 Å². The molecule has 1 aliphatic heterocycles. The Morgan fingerprint density at radius 1 is 1.10 bits per heavy atom. The first-order valence-electron chi connectivity index (χ1n) is 8.21. The molecule has 148 valence electrons. The summed E-state index contributed by atoms with van der Waals surface area (Å²) in [5, 5.41) is 30.5. The molecule has 0 unspecified atom stereocenters. The molecule has 1 amide bonds. The minimum Gasteiger partial charge on any atom is -0.507 e. The van der Waals surface area contributed by atoms with Gasteiger partial charge in [-0.05, 0) is 18.2 Å². The minimum absolute atomic E-state index is 0.0229. The van der Waals surface area contributed by atoms with E-state index in [0.29, 0.717) is 4.90 Å². The number of amides is 1. The van der Waals surface area contributed by atoms with Gasteiger partial charge in [-0.1, -0.05) is 18.2 Å². The van der Waals surface area contributed by atoms with Crippen LogP contribution < -0.4 is 0 Å². The molecule has 1 aliphatic rings. The van der Waals surface area contributed by atoms with Crippen molar-refractivity contribution in [3.05, 3.63) is 81.2 Å². The number of Topliss-reactive ketones (excluding diaryl/α,β-unsaturated/α-hetero) is 1. The van der Waals surface area contributed by atoms with Crippen LogP contribution >= 0.6 is 0 Å². The summed E-state index contributed by atoms with van der Waals surface area (Å²) < 4.78 is 14.4. The third-order valence-electron chi connectivity index (χ3n) is 4.40. The molecule has 0 radical (unpaired) electrons. The number of ketones is 1. The monoisotopic (exact) mass is 400 g/mol. The number of halogens is 1. The topological polar surface area (TPSA) is 138 Å². The highest BCUT2D eigenvalue weighted by molar-refractivity contribution is 6.46. The molecule has 2 aromatic rings. The molecule has 1 atom stereocenters. The maximum atomic E-state index is 14.4. The highest BCUT2D eigenvalue weighted by Gasteiger charge is 2.47. The zero-order chi connectivity index (χ0) is 21.3. The van der Waals surface area contributed by atoms with E-state index < -0.39 is 52.3 Å². The average Bonchev–Trinajstić information content (AvgIpc) is 2.92. The summed E-state index contributed by atoms with van der Waals surface area (Å²) in [5.41, 5.74) is -0.963. The van der Waals surface area contributed by atoms with E-state index in [1.165, 1.54) is 18.2 Å². The smallest absolute Gasteiger partial charge is 0.323 e. The summed E-state index contributed by atoms with van der Waals surface area (Å²) in [6.07, 6.45) is 0. The molecule has 9 nitrogen and oxygen atoms in total. The van der Waals surface area contributed by atoms with E-state index in [2.05, 4.69) is 0 Å². The molecule has 0 spiro atoms. The van der Waals surface area contributed by atoms with Crippen molar-refractivity contribution in [3.63, 3.8) is 0 Å². The first-order valence-corrected chi connectivity index (χ1v) is 8.21. The van der Waals surface area contributed by atoms with Crippen molar-refractivity contribution < 1.29 is 33.9 Å². The number of likely N-dealkylation sites (tertiary alicyclic amines) is 1. The highest BCUT2D eigenvalue weighted by Crippen LogP contribution is 2.40. The van der Waals surface area contributed by atoms with Gasteiger partial charge in [-0.2, -0.15) is 0 Å². The Balaban J connectivity index is 2.20. The number of carboxylic acid groups (broad SMARTS) is 1. The fraction of sp³-hybridized carbons (Fsp3) is 0.105. The summed E-state index contributed by atoms with van der Waals surface area (Å²) in [6, 6.07) is 8.17. The Hall–Kier alpha value is -4.08. The van der Waals surface area contributed by atoms with Crippen molar-refractivity contribution in [2.75, 3.05) is 6.54 Å². The average molecular weight is 400 g/mol. The summed E-state index contributed by atoms with van der Waals surface area (Å²) in [7, 11) is 0. The number of carbonyl (C=O) groups excluding carboxylic acids is 2. The molecular weight excluding hydrogens is 387 g/mol. The van der Waals surface area contributed by atoms with Crippen molar-refractivity contribution in [1.82, 2.24) is 4.90 Å². The lowest BCUT2D eigenvalue weighted by atomic mass is 9.95. The fourth-order valence-electron chi connectivity index (χ4n) is 3.11. The zero-order valence-electron chi connectivity index (χ0n) is 14.6. The second-order valence-electron chi connectivity index (χ2n) is 6.15. The van der Waals surface area contributed by atoms with Crippen LogP contribution in [0.5, 0.6) is 0 Å². The number of nitro benzene ring substituents is 1. The Morgan fingerprint density at radius 3 is 2.28 bits per heavy atom. The van der Waals surface area contributed by atoms with Crippen LogP contribution in [-0.4, -0.2) is 44.2 Å². The van der Waals surface area contributed by atoms with Gasteiger partial charge in [0.1, 0.15) is 18.1 Å². The molecular formula is C19H13FN2O7. The Kier molecular flexibility index (Phi) is 5.09. The number of rotatable bonds is 5. The molecule has 29 heavy (non-hydrogen) atoms. The van der Waals surface area contributed by atoms with E-state index in [-0.39, 0.29) is 16.8 Å². The van der Waals surface area contributed by atoms with E-state index in [9.17, 15) is 34.0 Å². The fourth-order valence-corrected chi connectivity index (χ4v) is 3.11. The maximum absolute atomic E-state index is 14.4. The van der Waals surface area contributed by atoms with Crippen LogP contribution in [-0.2, 0) is 14.4 Å². The third-order valence-corrected chi connectivity index (χ3v) is 4.40. The number of aliphatic hydroxyl groups excluding tert-OH is 1. The lowest BCUT2D eigenvalue weighted by molar-refractivity contribution is -0.384. The second-order valence-corrected chi connectivity index (χ2v) is 6.15. The molecule has 3 rings (SSSR count). The van der Waals surface area contributed by atoms with Gasteiger partial charge >= 0.3 is 5.97 Å². The summed E-state index contributed by atoms with van der Waals surface area (Å²) in [5.74, 6) is -5.31. The molecule has 0 bridgehead atoms. The number of nitro groups is 1. The molecule has 2 N–H and O–H groups in total. The van der Waals surface area contributed by atoms with E-state index >= 15 is 0 Å². The van der Waals surface area contributed by atoms with E-state index in [1.54, 1.807) is 0 Å². The number of non-ortho nitro benzene ring substituents is 1. The lowest BCUT2D eigenvalue weighted by Crippen LogP contribution is -2.34. The summed E-state index contributed by atoms with van der Waals surface area (Å²) in [6.45, 7) is -0.888. The second kappa shape index (κ2) is 7.50. The molecule has 1 heterocycles. The molecule has 10 heteroatoms. The first-order chi connectivity index (χ1) is 13.7. The number of nitrogens with zero attached hydrogens (tertiary/aromatic N) is 2. The predicted molar refractivity (Wildman–Crippen MR) is 96.1 cm³/mol. The number of aliphatic carboxylic acids is 1. The summed E-state index contributed by atoms with van der Waals surface area (Å²) >= 11 is 0. The van der Waals surface area contributed by atoms with Gasteiger partial charge in [0, 0.05) is 23.3 Å². The SMILES string of the molecule is O=C(O)CN1C(=O)C(=O)C(=C(O)c2ccc([N+](=O)[O-])cc2)[C@@H]1c1ccccc1F. The van der Waals surface area contributed by atoms with Crippen LogP contribution in [0.15, 0.2) is 54.1 Å². The van der Waals surface area contributed by atoms with Gasteiger partial charge in [0.25, 0.3) is 17.4 Å². The third kappa shape index (κ3) is 3.55. The standard InChI is InChI=1S/C19H13FN2O7/c20-13-4-2-1-3-12(13)16-15(18(26)19(27)21(16)9-14(23)24)17(25)10-5-7-11(8-6-10)22(28)29/h1-8,16,25H,9H2,(H,23,24)/t16-/m0/s1. The van der Waals surface area contributed by atoms with Crippen molar-refractivity contribution in [2.24, 2.45) is 0 Å². The van der Waals surface area contributed by atoms with Crippen molar-refractivity contribution in [2.45, 2.75) is 6.04 Å². The molecule has 0 aromatic heterocycles. The quantitative estimate of drug-likeness (QED) is 0.258. The van der Waals surface area contributed by atoms with E-state index in [1.807, 2.05) is 0 Å². The predicted octanol–water partition coefficient (Wildman–Crippen LogP) is 2.24. The van der Waals surface area contributed by atoms with Gasteiger partial charge in [-0.3, -0.25) is 24.5 Å². The van der Waals surface area contributed by atoms with Crippen molar-refractivity contribution in [1.29, 1.82) is 0 Å². The van der Waals surface area contributed by atoms with E-state index in [4.69, 9.17) is 5.11 Å². The van der Waals surface area contributed by atoms with Gasteiger partial charge < -0.3 is 15.1 Å². The Bertz CT molecular complexity index is 1060. The van der Waals surface area contributed by atoms with Crippen molar-refractivity contribution >= 4 is 29.1 Å². The van der Waals surface area contributed by atoms with Crippen LogP contribution in [0.2, 0.25) is 0 Å². The van der Waals surface area contributed by atoms with Crippen LogP contribution in [0.1, 0.15) is 17.2 Å². The maximum Gasteiger partial charge on any atom is 0.323 e. The largest absolute Gasteiger partial charge is 0.507 e. The number of hydrogen-bond donors (Lipinski definition) is 2. The van der Waals surface area contributed by atoms with E-state index in [0.717, 1.165) is 30.3 Å². The van der Waals surface area contributed by atoms with Crippen molar-refractivity contribution in [3.8, 4) is 0 Å².